The van der Waals surface area contributed by atoms with Gasteiger partial charge in [-0.3, -0.25) is 4.68 Å². The van der Waals surface area contributed by atoms with E-state index in [0.717, 1.165) is 22.0 Å². The minimum absolute atomic E-state index is 0.0271. The van der Waals surface area contributed by atoms with Crippen molar-refractivity contribution in [3.05, 3.63) is 54.9 Å². The highest BCUT2D eigenvalue weighted by Crippen LogP contribution is 2.19. The minimum atomic E-state index is 0.0271. The first-order valence-corrected chi connectivity index (χ1v) is 8.69. The molecule has 1 aromatic carbocycles. The predicted octanol–water partition coefficient (Wildman–Crippen LogP) is 1.07. The topological polar surface area (TPSA) is 120 Å². The maximum atomic E-state index is 9.04. The average molecular weight is 373 g/mol. The summed E-state index contributed by atoms with van der Waals surface area (Å²) in [7, 11) is 0. The molecule has 0 radical (unpaired) electrons. The summed E-state index contributed by atoms with van der Waals surface area (Å²) in [6.45, 7) is 0.962. The van der Waals surface area contributed by atoms with Crippen LogP contribution in [0.5, 0.6) is 0 Å². The average Bonchev–Trinajstić information content (AvgIpc) is 3.35. The molecule has 0 aliphatic rings. The Morgan fingerprint density at radius 1 is 1.07 bits per heavy atom. The maximum Gasteiger partial charge on any atom is 0.221 e. The predicted molar refractivity (Wildman–Crippen MR) is 100 cm³/mol. The van der Waals surface area contributed by atoms with Gasteiger partial charge in [0, 0.05) is 23.3 Å². The van der Waals surface area contributed by atoms with Gasteiger partial charge in [0.1, 0.15) is 6.33 Å². The summed E-state index contributed by atoms with van der Waals surface area (Å²) in [5, 5.41) is 22.5. The molecule has 0 atom stereocenters. The van der Waals surface area contributed by atoms with Crippen LogP contribution in [-0.4, -0.2) is 56.4 Å². The molecular formula is C18H15N9O. The van der Waals surface area contributed by atoms with Crippen LogP contribution in [0.3, 0.4) is 0 Å². The second-order valence-corrected chi connectivity index (χ2v) is 6.28. The van der Waals surface area contributed by atoms with Crippen molar-refractivity contribution < 1.29 is 5.11 Å². The molecule has 0 saturated carbocycles. The number of fused-ring (bicyclic) bond motifs is 2. The summed E-state index contributed by atoms with van der Waals surface area (Å²) in [5.74, 6) is 0. The smallest absolute Gasteiger partial charge is 0.221 e. The van der Waals surface area contributed by atoms with E-state index < -0.39 is 0 Å². The second-order valence-electron chi connectivity index (χ2n) is 6.28. The number of rotatable bonds is 5. The summed E-state index contributed by atoms with van der Waals surface area (Å²) in [6, 6.07) is 5.98. The molecule has 0 fully saturated rings. The SMILES string of the molecule is OCCn1cc(-c2cnc3nnn(Cc4ccc5ncncc5c4)c3n2)cn1. The second kappa shape index (κ2) is 6.74. The summed E-state index contributed by atoms with van der Waals surface area (Å²) in [4.78, 5) is 17.3. The zero-order valence-corrected chi connectivity index (χ0v) is 14.7. The molecule has 138 valence electrons. The van der Waals surface area contributed by atoms with Gasteiger partial charge in [-0.15, -0.1) is 5.10 Å². The molecule has 0 unspecified atom stereocenters. The lowest BCUT2D eigenvalue weighted by atomic mass is 10.1. The van der Waals surface area contributed by atoms with Gasteiger partial charge in [-0.05, 0) is 17.7 Å². The number of benzene rings is 1. The zero-order valence-electron chi connectivity index (χ0n) is 14.7. The fourth-order valence-electron chi connectivity index (χ4n) is 3.03. The molecule has 0 bridgehead atoms. The molecule has 5 aromatic rings. The van der Waals surface area contributed by atoms with Crippen LogP contribution in [-0.2, 0) is 13.1 Å². The molecule has 1 N–H and O–H groups in total. The number of aromatic nitrogens is 9. The Morgan fingerprint density at radius 2 is 2.04 bits per heavy atom. The van der Waals surface area contributed by atoms with Crippen LogP contribution in [0.15, 0.2) is 49.3 Å². The van der Waals surface area contributed by atoms with Crippen molar-refractivity contribution in [3.8, 4) is 11.3 Å². The van der Waals surface area contributed by atoms with E-state index in [1.165, 1.54) is 6.33 Å². The number of aliphatic hydroxyl groups excluding tert-OH is 1. The van der Waals surface area contributed by atoms with E-state index >= 15 is 0 Å². The fourth-order valence-corrected chi connectivity index (χ4v) is 3.03. The molecule has 10 heteroatoms. The molecule has 0 spiro atoms. The number of aliphatic hydroxyl groups is 1. The van der Waals surface area contributed by atoms with Crippen LogP contribution in [0, 0.1) is 0 Å². The van der Waals surface area contributed by atoms with Crippen molar-refractivity contribution >= 4 is 22.2 Å². The summed E-state index contributed by atoms with van der Waals surface area (Å²) < 4.78 is 3.38. The van der Waals surface area contributed by atoms with Gasteiger partial charge in [-0.1, -0.05) is 11.3 Å². The minimum Gasteiger partial charge on any atom is -0.394 e. The quantitative estimate of drug-likeness (QED) is 0.486. The first kappa shape index (κ1) is 16.4. The van der Waals surface area contributed by atoms with Crippen LogP contribution >= 0.6 is 0 Å². The largest absolute Gasteiger partial charge is 0.394 e. The van der Waals surface area contributed by atoms with Crippen molar-refractivity contribution in [1.29, 1.82) is 0 Å². The fraction of sp³-hybridized carbons (Fsp3) is 0.167. The molecule has 28 heavy (non-hydrogen) atoms. The lowest BCUT2D eigenvalue weighted by molar-refractivity contribution is 0.269. The van der Waals surface area contributed by atoms with E-state index in [1.807, 2.05) is 24.4 Å². The number of hydrogen-bond donors (Lipinski definition) is 1. The van der Waals surface area contributed by atoms with Gasteiger partial charge in [0.15, 0.2) is 5.65 Å². The van der Waals surface area contributed by atoms with Gasteiger partial charge in [-0.2, -0.15) is 5.10 Å². The molecule has 4 aromatic heterocycles. The van der Waals surface area contributed by atoms with E-state index in [-0.39, 0.29) is 6.61 Å². The lowest BCUT2D eigenvalue weighted by Crippen LogP contribution is -2.03. The molecule has 0 amide bonds. The highest BCUT2D eigenvalue weighted by Gasteiger charge is 2.12. The van der Waals surface area contributed by atoms with Gasteiger partial charge in [0.05, 0.1) is 43.3 Å². The Morgan fingerprint density at radius 3 is 2.96 bits per heavy atom. The molecular weight excluding hydrogens is 358 g/mol. The van der Waals surface area contributed by atoms with Crippen molar-refractivity contribution in [2.75, 3.05) is 6.61 Å². The molecule has 0 aliphatic heterocycles. The normalized spacial score (nSPS) is 11.5. The summed E-state index contributed by atoms with van der Waals surface area (Å²) >= 11 is 0. The summed E-state index contributed by atoms with van der Waals surface area (Å²) in [6.07, 6.45) is 8.49. The first-order chi connectivity index (χ1) is 13.8. The highest BCUT2D eigenvalue weighted by molar-refractivity contribution is 5.78. The molecule has 4 heterocycles. The van der Waals surface area contributed by atoms with Crippen LogP contribution in [0.2, 0.25) is 0 Å². The standard InChI is InChI=1S/C18H15N9O/c28-4-3-26-10-14(7-22-26)16-8-20-17-18(23-16)27(25-24-17)9-12-1-2-15-13(5-12)6-19-11-21-15/h1-2,5-8,10-11,28H,3-4,9H2. The van der Waals surface area contributed by atoms with E-state index in [0.29, 0.717) is 30.1 Å². The van der Waals surface area contributed by atoms with Gasteiger partial charge in [0.2, 0.25) is 5.65 Å². The van der Waals surface area contributed by atoms with Crippen LogP contribution in [0.4, 0.5) is 0 Å². The third-order valence-electron chi connectivity index (χ3n) is 4.39. The molecule has 0 saturated heterocycles. The van der Waals surface area contributed by atoms with E-state index in [9.17, 15) is 0 Å². The first-order valence-electron chi connectivity index (χ1n) is 8.69. The number of nitrogens with zero attached hydrogens (tertiary/aromatic N) is 9. The Bertz CT molecular complexity index is 1280. The Hall–Kier alpha value is -3.79. The lowest BCUT2D eigenvalue weighted by Gasteiger charge is -2.04. The van der Waals surface area contributed by atoms with Crippen molar-refractivity contribution in [2.24, 2.45) is 0 Å². The van der Waals surface area contributed by atoms with E-state index in [4.69, 9.17) is 5.11 Å². The highest BCUT2D eigenvalue weighted by atomic mass is 16.3. The third kappa shape index (κ3) is 2.95. The third-order valence-corrected chi connectivity index (χ3v) is 4.39. The summed E-state index contributed by atoms with van der Waals surface area (Å²) in [5.41, 5.74) is 4.50. The van der Waals surface area contributed by atoms with Crippen molar-refractivity contribution in [2.45, 2.75) is 13.1 Å². The Labute approximate surface area is 158 Å². The zero-order chi connectivity index (χ0) is 18.9. The molecule has 0 aliphatic carbocycles. The number of hydrogen-bond acceptors (Lipinski definition) is 8. The van der Waals surface area contributed by atoms with Crippen molar-refractivity contribution in [1.82, 2.24) is 44.7 Å². The van der Waals surface area contributed by atoms with Gasteiger partial charge in [0.25, 0.3) is 0 Å². The van der Waals surface area contributed by atoms with Crippen molar-refractivity contribution in [3.63, 3.8) is 0 Å². The van der Waals surface area contributed by atoms with E-state index in [1.54, 1.807) is 28.0 Å². The van der Waals surface area contributed by atoms with Crippen LogP contribution < -0.4 is 0 Å². The van der Waals surface area contributed by atoms with Crippen LogP contribution in [0.25, 0.3) is 33.5 Å². The van der Waals surface area contributed by atoms with Crippen LogP contribution in [0.1, 0.15) is 5.56 Å². The maximum absolute atomic E-state index is 9.04. The van der Waals surface area contributed by atoms with E-state index in [2.05, 4.69) is 35.3 Å². The Balaban J connectivity index is 1.50. The monoisotopic (exact) mass is 373 g/mol. The molecule has 5 rings (SSSR count). The van der Waals surface area contributed by atoms with Gasteiger partial charge in [-0.25, -0.2) is 24.6 Å². The van der Waals surface area contributed by atoms with Gasteiger partial charge < -0.3 is 5.11 Å². The Kier molecular flexibility index (Phi) is 3.95. The van der Waals surface area contributed by atoms with Gasteiger partial charge >= 0.3 is 0 Å². The molecule has 10 nitrogen and oxygen atoms in total.